The van der Waals surface area contributed by atoms with Gasteiger partial charge >= 0.3 is 0 Å². The lowest BCUT2D eigenvalue weighted by atomic mass is 10.3. The summed E-state index contributed by atoms with van der Waals surface area (Å²) in [5, 5.41) is 19.9. The Kier molecular flexibility index (Phi) is 2.66. The smallest absolute Gasteiger partial charge is 0.295 e. The number of nitrogens with zero attached hydrogens (tertiary/aromatic N) is 3. The monoisotopic (exact) mass is 233 g/mol. The standard InChI is InChI=1S/C9H7N5OS/c1-5-11-7(14-13-5)8(15)12-9-6(4-10)2-3-16-9/h2-3H,1H3,(H,12,15)(H,11,13,14). The maximum absolute atomic E-state index is 11.6. The molecule has 0 bridgehead atoms. The van der Waals surface area contributed by atoms with E-state index in [9.17, 15) is 4.79 Å². The van der Waals surface area contributed by atoms with Crippen LogP contribution in [0.5, 0.6) is 0 Å². The molecule has 0 radical (unpaired) electrons. The molecule has 0 aromatic carbocycles. The average molecular weight is 233 g/mol. The maximum atomic E-state index is 11.6. The highest BCUT2D eigenvalue weighted by atomic mass is 32.1. The molecule has 0 aliphatic carbocycles. The lowest BCUT2D eigenvalue weighted by molar-refractivity contribution is 0.101. The molecule has 2 rings (SSSR count). The van der Waals surface area contributed by atoms with Gasteiger partial charge < -0.3 is 5.32 Å². The van der Waals surface area contributed by atoms with E-state index in [4.69, 9.17) is 5.26 Å². The summed E-state index contributed by atoms with van der Waals surface area (Å²) in [6.07, 6.45) is 0. The molecule has 16 heavy (non-hydrogen) atoms. The van der Waals surface area contributed by atoms with Gasteiger partial charge in [0.1, 0.15) is 16.9 Å². The zero-order chi connectivity index (χ0) is 11.5. The molecule has 80 valence electrons. The van der Waals surface area contributed by atoms with Crippen LogP contribution in [0.1, 0.15) is 22.0 Å². The molecule has 0 fully saturated rings. The Labute approximate surface area is 94.9 Å². The topological polar surface area (TPSA) is 94.5 Å². The first-order valence-electron chi connectivity index (χ1n) is 4.38. The quantitative estimate of drug-likeness (QED) is 0.817. The highest BCUT2D eigenvalue weighted by molar-refractivity contribution is 7.14. The van der Waals surface area contributed by atoms with E-state index in [-0.39, 0.29) is 5.82 Å². The second-order valence-corrected chi connectivity index (χ2v) is 3.89. The second-order valence-electron chi connectivity index (χ2n) is 2.97. The predicted molar refractivity (Wildman–Crippen MR) is 58.1 cm³/mol. The van der Waals surface area contributed by atoms with Gasteiger partial charge in [-0.05, 0) is 18.4 Å². The molecule has 0 saturated heterocycles. The third-order valence-electron chi connectivity index (χ3n) is 1.81. The summed E-state index contributed by atoms with van der Waals surface area (Å²) >= 11 is 1.28. The fourth-order valence-corrected chi connectivity index (χ4v) is 1.83. The lowest BCUT2D eigenvalue weighted by Gasteiger charge is -1.98. The first-order chi connectivity index (χ1) is 7.70. The molecule has 0 spiro atoms. The number of aromatic nitrogens is 3. The Hall–Kier alpha value is -2.20. The van der Waals surface area contributed by atoms with Gasteiger partial charge in [-0.1, -0.05) is 0 Å². The minimum atomic E-state index is -0.428. The van der Waals surface area contributed by atoms with Gasteiger partial charge in [-0.15, -0.1) is 16.4 Å². The highest BCUT2D eigenvalue weighted by Gasteiger charge is 2.13. The van der Waals surface area contributed by atoms with Crippen LogP contribution in [-0.4, -0.2) is 21.1 Å². The number of carbonyl (C=O) groups excluding carboxylic acids is 1. The van der Waals surface area contributed by atoms with Gasteiger partial charge in [0.15, 0.2) is 0 Å². The van der Waals surface area contributed by atoms with Crippen molar-refractivity contribution in [1.29, 1.82) is 5.26 Å². The van der Waals surface area contributed by atoms with E-state index in [1.54, 1.807) is 18.4 Å². The number of H-pyrrole nitrogens is 1. The number of hydrogen-bond donors (Lipinski definition) is 2. The van der Waals surface area contributed by atoms with Gasteiger partial charge in [0.25, 0.3) is 5.91 Å². The molecule has 2 heterocycles. The summed E-state index contributed by atoms with van der Waals surface area (Å²) in [5.74, 6) is 0.204. The molecule has 0 atom stereocenters. The Balaban J connectivity index is 2.17. The van der Waals surface area contributed by atoms with Crippen molar-refractivity contribution in [1.82, 2.24) is 15.2 Å². The molecular weight excluding hydrogens is 226 g/mol. The number of amides is 1. The van der Waals surface area contributed by atoms with E-state index in [0.29, 0.717) is 16.4 Å². The third-order valence-corrected chi connectivity index (χ3v) is 2.64. The van der Waals surface area contributed by atoms with E-state index in [1.165, 1.54) is 11.3 Å². The Morgan fingerprint density at radius 2 is 2.50 bits per heavy atom. The number of hydrogen-bond acceptors (Lipinski definition) is 5. The molecule has 2 N–H and O–H groups in total. The van der Waals surface area contributed by atoms with Crippen molar-refractivity contribution in [2.45, 2.75) is 6.92 Å². The number of nitriles is 1. The van der Waals surface area contributed by atoms with Gasteiger partial charge in [0.05, 0.1) is 5.56 Å². The van der Waals surface area contributed by atoms with Crippen molar-refractivity contribution in [3.63, 3.8) is 0 Å². The fraction of sp³-hybridized carbons (Fsp3) is 0.111. The summed E-state index contributed by atoms with van der Waals surface area (Å²) in [6.45, 7) is 1.70. The van der Waals surface area contributed by atoms with Crippen molar-refractivity contribution in [2.24, 2.45) is 0 Å². The SMILES string of the molecule is Cc1nc(C(=O)Nc2sccc2C#N)n[nH]1. The number of aromatic amines is 1. The average Bonchev–Trinajstić information content (AvgIpc) is 2.86. The Morgan fingerprint density at radius 1 is 1.69 bits per heavy atom. The van der Waals surface area contributed by atoms with Crippen molar-refractivity contribution in [3.05, 3.63) is 28.7 Å². The van der Waals surface area contributed by atoms with Crippen LogP contribution in [0.15, 0.2) is 11.4 Å². The predicted octanol–water partition coefficient (Wildman–Crippen LogP) is 1.30. The molecule has 0 unspecified atom stereocenters. The normalized spacial score (nSPS) is 9.75. The summed E-state index contributed by atoms with van der Waals surface area (Å²) in [4.78, 5) is 15.5. The molecule has 1 amide bonds. The largest absolute Gasteiger partial charge is 0.310 e. The van der Waals surface area contributed by atoms with E-state index < -0.39 is 5.91 Å². The molecule has 0 aliphatic rings. The van der Waals surface area contributed by atoms with E-state index in [0.717, 1.165) is 0 Å². The van der Waals surface area contributed by atoms with Crippen molar-refractivity contribution >= 4 is 22.2 Å². The number of rotatable bonds is 2. The van der Waals surface area contributed by atoms with Crippen molar-refractivity contribution in [3.8, 4) is 6.07 Å². The van der Waals surface area contributed by atoms with Gasteiger partial charge in [-0.25, -0.2) is 4.98 Å². The van der Waals surface area contributed by atoms with E-state index >= 15 is 0 Å². The number of anilines is 1. The van der Waals surface area contributed by atoms with E-state index in [1.807, 2.05) is 6.07 Å². The Morgan fingerprint density at radius 3 is 3.12 bits per heavy atom. The van der Waals surface area contributed by atoms with Gasteiger partial charge in [0.2, 0.25) is 5.82 Å². The van der Waals surface area contributed by atoms with Crippen LogP contribution in [0, 0.1) is 18.3 Å². The first kappa shape index (κ1) is 10.3. The van der Waals surface area contributed by atoms with Crippen molar-refractivity contribution in [2.75, 3.05) is 5.32 Å². The maximum Gasteiger partial charge on any atom is 0.295 e. The van der Waals surface area contributed by atoms with Crippen LogP contribution in [0.4, 0.5) is 5.00 Å². The zero-order valence-electron chi connectivity index (χ0n) is 8.31. The van der Waals surface area contributed by atoms with Crippen LogP contribution < -0.4 is 5.32 Å². The van der Waals surface area contributed by atoms with E-state index in [2.05, 4.69) is 20.5 Å². The molecule has 2 aromatic heterocycles. The summed E-state index contributed by atoms with van der Waals surface area (Å²) in [7, 11) is 0. The minimum absolute atomic E-state index is 0.0646. The molecule has 0 saturated carbocycles. The molecule has 0 aliphatic heterocycles. The van der Waals surface area contributed by atoms with Crippen LogP contribution in [0.2, 0.25) is 0 Å². The van der Waals surface area contributed by atoms with Crippen LogP contribution in [0.3, 0.4) is 0 Å². The minimum Gasteiger partial charge on any atom is -0.310 e. The number of thiophene rings is 1. The van der Waals surface area contributed by atoms with Crippen molar-refractivity contribution < 1.29 is 4.79 Å². The molecule has 7 heteroatoms. The van der Waals surface area contributed by atoms with Gasteiger partial charge in [-0.3, -0.25) is 9.89 Å². The summed E-state index contributed by atoms with van der Waals surface area (Å²) < 4.78 is 0. The summed E-state index contributed by atoms with van der Waals surface area (Å²) in [5.41, 5.74) is 0.436. The third kappa shape index (κ3) is 1.92. The Bertz CT molecular complexity index is 564. The fourth-order valence-electron chi connectivity index (χ4n) is 1.10. The number of nitrogens with one attached hydrogen (secondary N) is 2. The van der Waals surface area contributed by atoms with Crippen LogP contribution >= 0.6 is 11.3 Å². The van der Waals surface area contributed by atoms with Gasteiger partial charge in [-0.2, -0.15) is 5.26 Å². The van der Waals surface area contributed by atoms with Gasteiger partial charge in [0, 0.05) is 0 Å². The molecule has 6 nitrogen and oxygen atoms in total. The molecular formula is C9H7N5OS. The summed E-state index contributed by atoms with van der Waals surface area (Å²) in [6, 6.07) is 3.63. The number of carbonyl (C=O) groups is 1. The molecule has 2 aromatic rings. The first-order valence-corrected chi connectivity index (χ1v) is 5.26. The van der Waals surface area contributed by atoms with Crippen LogP contribution in [-0.2, 0) is 0 Å². The lowest BCUT2D eigenvalue weighted by Crippen LogP contribution is -2.13. The van der Waals surface area contributed by atoms with Crippen LogP contribution in [0.25, 0.3) is 0 Å². The number of aryl methyl sites for hydroxylation is 1. The zero-order valence-corrected chi connectivity index (χ0v) is 9.13. The highest BCUT2D eigenvalue weighted by Crippen LogP contribution is 2.22. The second kappa shape index (κ2) is 4.12.